The van der Waals surface area contributed by atoms with Gasteiger partial charge in [-0.05, 0) is 87.6 Å². The smallest absolute Gasteiger partial charge is 0.444 e. The molecule has 0 aromatic heterocycles. The van der Waals surface area contributed by atoms with Crippen LogP contribution in [0.25, 0.3) is 6.08 Å². The van der Waals surface area contributed by atoms with Gasteiger partial charge in [0.15, 0.2) is 0 Å². The fourth-order valence-electron chi connectivity index (χ4n) is 2.56. The average Bonchev–Trinajstić information content (AvgIpc) is 2.75. The molecular weight excluding hydrogens is 447 g/mol. The highest BCUT2D eigenvalue weighted by atomic mass is 79.9. The Hall–Kier alpha value is -1.45. The Bertz CT molecular complexity index is 782. The number of nitrogens with one attached hydrogen (secondary N) is 1. The Morgan fingerprint density at radius 1 is 1.17 bits per heavy atom. The summed E-state index contributed by atoms with van der Waals surface area (Å²) in [5, 5.41) is 2.65. The van der Waals surface area contributed by atoms with E-state index in [9.17, 15) is 13.6 Å². The lowest BCUT2D eigenvalue weighted by Crippen LogP contribution is -2.41. The predicted molar refractivity (Wildman–Crippen MR) is 112 cm³/mol. The minimum absolute atomic E-state index is 0.0189. The minimum atomic E-state index is -0.801. The Labute approximate surface area is 179 Å². The summed E-state index contributed by atoms with van der Waals surface area (Å²) in [6, 6.07) is 2.37. The van der Waals surface area contributed by atoms with E-state index in [0.29, 0.717) is 5.47 Å². The first-order valence-electron chi connectivity index (χ1n) is 9.29. The van der Waals surface area contributed by atoms with Gasteiger partial charge in [0.05, 0.1) is 15.7 Å². The molecule has 1 aromatic rings. The number of alkyl carbamates (subject to hydrolysis) is 1. The van der Waals surface area contributed by atoms with Crippen LogP contribution in [-0.4, -0.2) is 36.6 Å². The summed E-state index contributed by atoms with van der Waals surface area (Å²) < 4.78 is 45.0. The van der Waals surface area contributed by atoms with Crippen molar-refractivity contribution in [1.82, 2.24) is 5.32 Å². The molecule has 29 heavy (non-hydrogen) atoms. The highest BCUT2D eigenvalue weighted by Crippen LogP contribution is 2.39. The van der Waals surface area contributed by atoms with E-state index in [1.165, 1.54) is 18.2 Å². The lowest BCUT2D eigenvalue weighted by molar-refractivity contribution is 0.00578. The maximum absolute atomic E-state index is 13.9. The van der Waals surface area contributed by atoms with Crippen LogP contribution in [0.15, 0.2) is 22.1 Å². The van der Waals surface area contributed by atoms with Gasteiger partial charge < -0.3 is 19.4 Å². The summed E-state index contributed by atoms with van der Waals surface area (Å²) in [6.45, 7) is 12.9. The molecule has 1 aromatic carbocycles. The second-order valence-corrected chi connectivity index (χ2v) is 9.75. The lowest BCUT2D eigenvalue weighted by Gasteiger charge is -2.32. The van der Waals surface area contributed by atoms with Gasteiger partial charge in [-0.3, -0.25) is 0 Å². The van der Waals surface area contributed by atoms with Crippen LogP contribution in [-0.2, 0) is 14.0 Å². The fourth-order valence-corrected chi connectivity index (χ4v) is 2.79. The fraction of sp³-hybridized carbons (Fsp3) is 0.550. The van der Waals surface area contributed by atoms with Gasteiger partial charge in [0.1, 0.15) is 17.2 Å². The summed E-state index contributed by atoms with van der Waals surface area (Å²) in [6.07, 6.45) is 0.922. The third kappa shape index (κ3) is 6.02. The van der Waals surface area contributed by atoms with Crippen LogP contribution in [0.3, 0.4) is 0 Å². The molecule has 1 heterocycles. The normalized spacial score (nSPS) is 18.7. The number of benzene rings is 1. The molecule has 1 aliphatic rings. The summed E-state index contributed by atoms with van der Waals surface area (Å²) in [5.41, 5.74) is -1.11. The van der Waals surface area contributed by atoms with Crippen molar-refractivity contribution in [3.05, 3.63) is 39.3 Å². The molecule has 160 valence electrons. The van der Waals surface area contributed by atoms with E-state index in [1.807, 2.05) is 27.7 Å². The van der Waals surface area contributed by atoms with Crippen molar-refractivity contribution < 1.29 is 27.6 Å². The molecule has 2 rings (SSSR count). The minimum Gasteiger partial charge on any atom is -0.444 e. The average molecular weight is 474 g/mol. The Kier molecular flexibility index (Phi) is 6.87. The first-order valence-corrected chi connectivity index (χ1v) is 10.1. The maximum Gasteiger partial charge on any atom is 0.492 e. The van der Waals surface area contributed by atoms with Crippen LogP contribution >= 0.6 is 15.9 Å². The molecule has 0 spiro atoms. The second kappa shape index (κ2) is 8.36. The molecule has 0 radical (unpaired) electrons. The van der Waals surface area contributed by atoms with Gasteiger partial charge in [0.2, 0.25) is 0 Å². The van der Waals surface area contributed by atoms with Gasteiger partial charge in [0, 0.05) is 6.54 Å². The van der Waals surface area contributed by atoms with E-state index in [4.69, 9.17) is 14.0 Å². The quantitative estimate of drug-likeness (QED) is 0.478. The predicted octanol–water partition coefficient (Wildman–Crippen LogP) is 5.27. The second-order valence-electron chi connectivity index (χ2n) is 8.96. The van der Waals surface area contributed by atoms with Crippen molar-refractivity contribution in [3.8, 4) is 0 Å². The number of hydrogen-bond donors (Lipinski definition) is 1. The first-order chi connectivity index (χ1) is 13.1. The van der Waals surface area contributed by atoms with Crippen molar-refractivity contribution in [2.75, 3.05) is 6.54 Å². The van der Waals surface area contributed by atoms with E-state index in [2.05, 4.69) is 21.2 Å². The third-order valence-corrected chi connectivity index (χ3v) is 5.51. The van der Waals surface area contributed by atoms with Crippen LogP contribution in [0, 0.1) is 11.6 Å². The van der Waals surface area contributed by atoms with Gasteiger partial charge >= 0.3 is 13.2 Å². The van der Waals surface area contributed by atoms with E-state index < -0.39 is 41.6 Å². The SMILES string of the molecule is CC(C)(C)OC(=O)NCC(=Cc1cc(F)c(Br)c(F)c1)B1OC(C)(C)C(C)(C)O1. The van der Waals surface area contributed by atoms with Crippen molar-refractivity contribution in [1.29, 1.82) is 0 Å². The molecule has 5 nitrogen and oxygen atoms in total. The molecular formula is C20H27BBrF2NO4. The van der Waals surface area contributed by atoms with Gasteiger partial charge in [-0.25, -0.2) is 13.6 Å². The number of hydrogen-bond acceptors (Lipinski definition) is 4. The van der Waals surface area contributed by atoms with Gasteiger partial charge in [-0.15, -0.1) is 0 Å². The Morgan fingerprint density at radius 2 is 1.66 bits per heavy atom. The van der Waals surface area contributed by atoms with E-state index in [0.717, 1.165) is 0 Å². The highest BCUT2D eigenvalue weighted by Gasteiger charge is 2.52. The van der Waals surface area contributed by atoms with Crippen LogP contribution in [0.1, 0.15) is 54.0 Å². The number of rotatable bonds is 4. The van der Waals surface area contributed by atoms with E-state index in [1.54, 1.807) is 20.8 Å². The lowest BCUT2D eigenvalue weighted by atomic mass is 9.77. The van der Waals surface area contributed by atoms with Gasteiger partial charge in [0.25, 0.3) is 0 Å². The Morgan fingerprint density at radius 3 is 2.10 bits per heavy atom. The monoisotopic (exact) mass is 473 g/mol. The molecule has 1 N–H and O–H groups in total. The topological polar surface area (TPSA) is 56.8 Å². The van der Waals surface area contributed by atoms with Crippen LogP contribution in [0.4, 0.5) is 13.6 Å². The van der Waals surface area contributed by atoms with Crippen LogP contribution in [0.2, 0.25) is 0 Å². The Balaban J connectivity index is 2.32. The molecule has 0 bridgehead atoms. The molecule has 0 saturated carbocycles. The van der Waals surface area contributed by atoms with E-state index in [-0.39, 0.29) is 16.6 Å². The molecule has 1 fully saturated rings. The summed E-state index contributed by atoms with van der Waals surface area (Å²) in [7, 11) is -0.801. The molecule has 0 unspecified atom stereocenters. The zero-order chi connectivity index (χ0) is 22.2. The van der Waals surface area contributed by atoms with E-state index >= 15 is 0 Å². The zero-order valence-electron chi connectivity index (χ0n) is 17.8. The summed E-state index contributed by atoms with van der Waals surface area (Å²) in [4.78, 5) is 12.1. The van der Waals surface area contributed by atoms with Crippen molar-refractivity contribution >= 4 is 35.2 Å². The number of halogens is 3. The molecule has 0 aliphatic carbocycles. The zero-order valence-corrected chi connectivity index (χ0v) is 19.4. The number of carbonyl (C=O) groups is 1. The largest absolute Gasteiger partial charge is 0.492 e. The van der Waals surface area contributed by atoms with Crippen molar-refractivity contribution in [2.45, 2.75) is 65.3 Å². The highest BCUT2D eigenvalue weighted by molar-refractivity contribution is 9.10. The van der Waals surface area contributed by atoms with Crippen LogP contribution in [0.5, 0.6) is 0 Å². The molecule has 1 aliphatic heterocycles. The molecule has 1 amide bonds. The third-order valence-electron chi connectivity index (χ3n) is 4.75. The van der Waals surface area contributed by atoms with Crippen molar-refractivity contribution in [3.63, 3.8) is 0 Å². The molecule has 9 heteroatoms. The van der Waals surface area contributed by atoms with Gasteiger partial charge in [-0.2, -0.15) is 0 Å². The molecule has 1 saturated heterocycles. The summed E-state index contributed by atoms with van der Waals surface area (Å²) in [5.74, 6) is -1.46. The van der Waals surface area contributed by atoms with Crippen molar-refractivity contribution in [2.24, 2.45) is 0 Å². The van der Waals surface area contributed by atoms with Gasteiger partial charge in [-0.1, -0.05) is 6.08 Å². The summed E-state index contributed by atoms with van der Waals surface area (Å²) >= 11 is 2.86. The number of ether oxygens (including phenoxy) is 1. The first kappa shape index (κ1) is 23.8. The number of carbonyl (C=O) groups excluding carboxylic acids is 1. The van der Waals surface area contributed by atoms with Crippen LogP contribution < -0.4 is 5.32 Å². The molecule has 0 atom stereocenters. The number of amides is 1. The maximum atomic E-state index is 13.9. The standard InChI is InChI=1S/C20H27BBrF2NO4/c1-18(2,3)27-17(26)25-11-13(21-28-19(4,5)20(6,7)29-21)8-12-9-14(23)16(22)15(24)10-12/h8-10H,11H2,1-7H3,(H,25,26).